The maximum absolute atomic E-state index is 6.24. The topological polar surface area (TPSA) is 18.5 Å². The molecule has 0 saturated carbocycles. The maximum Gasteiger partial charge on any atom is 0.185 e. The standard InChI is InChI=1S/C18H26O2/c1-12-8-6-9-13-10-7-11-14(15(12)13)16-19-17(2,3)18(4,5)20-16/h7,10-12,16H,6,8-9H2,1-5H3. The van der Waals surface area contributed by atoms with Crippen LogP contribution < -0.4 is 0 Å². The van der Waals surface area contributed by atoms with Gasteiger partial charge in [-0.2, -0.15) is 0 Å². The van der Waals surface area contributed by atoms with Crippen LogP contribution in [0.5, 0.6) is 0 Å². The molecule has 2 aliphatic rings. The van der Waals surface area contributed by atoms with E-state index in [-0.39, 0.29) is 17.5 Å². The predicted molar refractivity (Wildman–Crippen MR) is 80.9 cm³/mol. The monoisotopic (exact) mass is 274 g/mol. The first-order chi connectivity index (χ1) is 9.32. The van der Waals surface area contributed by atoms with E-state index in [0.29, 0.717) is 5.92 Å². The number of benzene rings is 1. The molecule has 3 rings (SSSR count). The summed E-state index contributed by atoms with van der Waals surface area (Å²) in [5.41, 5.74) is 3.66. The normalized spacial score (nSPS) is 28.4. The number of ether oxygens (including phenoxy) is 2. The first kappa shape index (κ1) is 14.1. The molecular weight excluding hydrogens is 248 g/mol. The Balaban J connectivity index is 2.01. The number of aryl methyl sites for hydroxylation is 1. The maximum atomic E-state index is 6.24. The van der Waals surface area contributed by atoms with Crippen molar-refractivity contribution in [3.63, 3.8) is 0 Å². The van der Waals surface area contributed by atoms with Gasteiger partial charge in [0.15, 0.2) is 6.29 Å². The largest absolute Gasteiger partial charge is 0.339 e. The van der Waals surface area contributed by atoms with E-state index in [1.807, 2.05) is 0 Å². The molecule has 0 bridgehead atoms. The van der Waals surface area contributed by atoms with E-state index in [9.17, 15) is 0 Å². The summed E-state index contributed by atoms with van der Waals surface area (Å²) in [7, 11) is 0. The first-order valence-corrected chi connectivity index (χ1v) is 7.79. The molecular formula is C18H26O2. The van der Waals surface area contributed by atoms with Gasteiger partial charge < -0.3 is 9.47 Å². The van der Waals surface area contributed by atoms with Gasteiger partial charge >= 0.3 is 0 Å². The van der Waals surface area contributed by atoms with Crippen molar-refractivity contribution < 1.29 is 9.47 Å². The lowest BCUT2D eigenvalue weighted by Gasteiger charge is -2.30. The summed E-state index contributed by atoms with van der Waals surface area (Å²) < 4.78 is 12.5. The van der Waals surface area contributed by atoms with E-state index < -0.39 is 0 Å². The van der Waals surface area contributed by atoms with Crippen LogP contribution in [0.25, 0.3) is 0 Å². The van der Waals surface area contributed by atoms with Gasteiger partial charge in [0.2, 0.25) is 0 Å². The van der Waals surface area contributed by atoms with E-state index in [4.69, 9.17) is 9.47 Å². The van der Waals surface area contributed by atoms with Gasteiger partial charge in [-0.3, -0.25) is 0 Å². The molecule has 1 aromatic rings. The summed E-state index contributed by atoms with van der Waals surface area (Å²) in [5.74, 6) is 0.606. The lowest BCUT2D eigenvalue weighted by Crippen LogP contribution is -2.41. The lowest BCUT2D eigenvalue weighted by molar-refractivity contribution is -0.0903. The van der Waals surface area contributed by atoms with Crippen molar-refractivity contribution >= 4 is 0 Å². The zero-order valence-electron chi connectivity index (χ0n) is 13.3. The molecule has 1 unspecified atom stereocenters. The Hall–Kier alpha value is -0.860. The molecule has 20 heavy (non-hydrogen) atoms. The summed E-state index contributed by atoms with van der Waals surface area (Å²) >= 11 is 0. The Morgan fingerprint density at radius 2 is 1.70 bits per heavy atom. The smallest absolute Gasteiger partial charge is 0.185 e. The third kappa shape index (κ3) is 2.10. The molecule has 1 fully saturated rings. The van der Waals surface area contributed by atoms with E-state index in [0.717, 1.165) is 0 Å². The molecule has 1 atom stereocenters. The molecule has 0 spiro atoms. The third-order valence-corrected chi connectivity index (χ3v) is 5.31. The van der Waals surface area contributed by atoms with Gasteiger partial charge in [-0.1, -0.05) is 25.1 Å². The van der Waals surface area contributed by atoms with Gasteiger partial charge in [0.05, 0.1) is 11.2 Å². The summed E-state index contributed by atoms with van der Waals surface area (Å²) in [5, 5.41) is 0. The molecule has 1 aromatic carbocycles. The molecule has 2 nitrogen and oxygen atoms in total. The molecule has 2 heteroatoms. The van der Waals surface area contributed by atoms with E-state index in [1.165, 1.54) is 36.0 Å². The van der Waals surface area contributed by atoms with Gasteiger partial charge in [0.25, 0.3) is 0 Å². The Morgan fingerprint density at radius 1 is 1.05 bits per heavy atom. The van der Waals surface area contributed by atoms with Crippen LogP contribution in [0.1, 0.15) is 76.4 Å². The molecule has 110 valence electrons. The van der Waals surface area contributed by atoms with E-state index in [1.54, 1.807) is 0 Å². The summed E-state index contributed by atoms with van der Waals surface area (Å²) in [6.45, 7) is 10.8. The fourth-order valence-corrected chi connectivity index (χ4v) is 3.37. The highest BCUT2D eigenvalue weighted by Crippen LogP contribution is 2.47. The van der Waals surface area contributed by atoms with Crippen molar-refractivity contribution in [1.82, 2.24) is 0 Å². The molecule has 1 aliphatic heterocycles. The fraction of sp³-hybridized carbons (Fsp3) is 0.667. The minimum Gasteiger partial charge on any atom is -0.339 e. The Labute approximate surface area is 122 Å². The molecule has 0 N–H and O–H groups in total. The average Bonchev–Trinajstić information content (AvgIpc) is 2.58. The predicted octanol–water partition coefficient (Wildman–Crippen LogP) is 4.73. The van der Waals surface area contributed by atoms with Gasteiger partial charge in [0, 0.05) is 5.56 Å². The summed E-state index contributed by atoms with van der Waals surface area (Å²) in [6.07, 6.45) is 3.52. The van der Waals surface area contributed by atoms with Gasteiger partial charge in [-0.25, -0.2) is 0 Å². The van der Waals surface area contributed by atoms with E-state index in [2.05, 4.69) is 52.8 Å². The second kappa shape index (κ2) is 4.57. The SMILES string of the molecule is CC1CCCc2cccc(C3OC(C)(C)C(C)(C)O3)c21. The molecule has 1 saturated heterocycles. The molecule has 1 heterocycles. The number of rotatable bonds is 1. The van der Waals surface area contributed by atoms with Crippen molar-refractivity contribution in [3.8, 4) is 0 Å². The van der Waals surface area contributed by atoms with E-state index >= 15 is 0 Å². The van der Waals surface area contributed by atoms with Crippen LogP contribution in [0.3, 0.4) is 0 Å². The van der Waals surface area contributed by atoms with Crippen LogP contribution in [-0.2, 0) is 15.9 Å². The summed E-state index contributed by atoms with van der Waals surface area (Å²) in [6, 6.07) is 6.60. The zero-order chi connectivity index (χ0) is 14.5. The highest BCUT2D eigenvalue weighted by atomic mass is 16.7. The fourth-order valence-electron chi connectivity index (χ4n) is 3.37. The highest BCUT2D eigenvalue weighted by molar-refractivity contribution is 5.40. The van der Waals surface area contributed by atoms with Gasteiger partial charge in [-0.05, 0) is 64.0 Å². The number of fused-ring (bicyclic) bond motifs is 1. The van der Waals surface area contributed by atoms with Crippen molar-refractivity contribution in [2.75, 3.05) is 0 Å². The van der Waals surface area contributed by atoms with Crippen molar-refractivity contribution in [2.45, 2.75) is 77.3 Å². The summed E-state index contributed by atoms with van der Waals surface area (Å²) in [4.78, 5) is 0. The van der Waals surface area contributed by atoms with Crippen molar-refractivity contribution in [1.29, 1.82) is 0 Å². The van der Waals surface area contributed by atoms with Crippen molar-refractivity contribution in [3.05, 3.63) is 34.9 Å². The van der Waals surface area contributed by atoms with Crippen LogP contribution in [-0.4, -0.2) is 11.2 Å². The van der Waals surface area contributed by atoms with Crippen molar-refractivity contribution in [2.24, 2.45) is 0 Å². The van der Waals surface area contributed by atoms with Gasteiger partial charge in [-0.15, -0.1) is 0 Å². The Bertz CT molecular complexity index is 500. The first-order valence-electron chi connectivity index (χ1n) is 7.79. The Morgan fingerprint density at radius 3 is 2.35 bits per heavy atom. The zero-order valence-corrected chi connectivity index (χ0v) is 13.3. The second-order valence-electron chi connectivity index (χ2n) is 7.30. The lowest BCUT2D eigenvalue weighted by atomic mass is 9.81. The molecule has 1 aliphatic carbocycles. The van der Waals surface area contributed by atoms with Crippen LogP contribution in [0.15, 0.2) is 18.2 Å². The van der Waals surface area contributed by atoms with Crippen LogP contribution in [0.2, 0.25) is 0 Å². The van der Waals surface area contributed by atoms with Crippen LogP contribution in [0, 0.1) is 0 Å². The third-order valence-electron chi connectivity index (χ3n) is 5.31. The molecule has 0 radical (unpaired) electrons. The van der Waals surface area contributed by atoms with Gasteiger partial charge in [0.1, 0.15) is 0 Å². The quantitative estimate of drug-likeness (QED) is 0.737. The molecule has 0 amide bonds. The number of hydrogen-bond acceptors (Lipinski definition) is 2. The number of hydrogen-bond donors (Lipinski definition) is 0. The average molecular weight is 274 g/mol. The molecule has 0 aromatic heterocycles. The second-order valence-corrected chi connectivity index (χ2v) is 7.30. The minimum atomic E-state index is -0.266. The van der Waals surface area contributed by atoms with Crippen LogP contribution >= 0.6 is 0 Å². The Kier molecular flexibility index (Phi) is 3.22. The minimum absolute atomic E-state index is 0.226. The highest BCUT2D eigenvalue weighted by Gasteiger charge is 2.50. The van der Waals surface area contributed by atoms with Crippen LogP contribution in [0.4, 0.5) is 0 Å².